The van der Waals surface area contributed by atoms with E-state index in [-0.39, 0.29) is 16.1 Å². The molecular formula is C22H21NO5S. The number of methoxy groups -OCH3 is 2. The summed E-state index contributed by atoms with van der Waals surface area (Å²) in [6.45, 7) is 1.86. The number of anilines is 1. The molecule has 0 N–H and O–H groups in total. The molecule has 29 heavy (non-hydrogen) atoms. The second-order valence-electron chi connectivity index (χ2n) is 6.32. The molecule has 0 radical (unpaired) electrons. The average molecular weight is 411 g/mol. The van der Waals surface area contributed by atoms with Gasteiger partial charge < -0.3 is 9.47 Å². The number of carbonyl (C=O) groups is 1. The molecule has 0 fully saturated rings. The van der Waals surface area contributed by atoms with Crippen molar-refractivity contribution in [3.05, 3.63) is 83.9 Å². The Kier molecular flexibility index (Phi) is 5.89. The summed E-state index contributed by atoms with van der Waals surface area (Å²) < 4.78 is 38.1. The van der Waals surface area contributed by atoms with E-state index >= 15 is 0 Å². The fourth-order valence-electron chi connectivity index (χ4n) is 2.79. The van der Waals surface area contributed by atoms with Gasteiger partial charge in [0.1, 0.15) is 11.5 Å². The summed E-state index contributed by atoms with van der Waals surface area (Å²) in [7, 11) is -1.24. The zero-order chi connectivity index (χ0) is 21.0. The van der Waals surface area contributed by atoms with Gasteiger partial charge in [0.2, 0.25) is 0 Å². The Bertz CT molecular complexity index is 1090. The zero-order valence-electron chi connectivity index (χ0n) is 16.3. The number of sulfonamides is 1. The first-order chi connectivity index (χ1) is 13.9. The van der Waals surface area contributed by atoms with E-state index in [9.17, 15) is 13.2 Å². The Hall–Kier alpha value is -3.32. The van der Waals surface area contributed by atoms with Gasteiger partial charge in [-0.15, -0.1) is 0 Å². The van der Waals surface area contributed by atoms with Crippen LogP contribution in [0.25, 0.3) is 0 Å². The molecule has 3 aromatic carbocycles. The van der Waals surface area contributed by atoms with Crippen molar-refractivity contribution >= 4 is 21.6 Å². The third kappa shape index (κ3) is 4.25. The largest absolute Gasteiger partial charge is 0.497 e. The molecular weight excluding hydrogens is 390 g/mol. The topological polar surface area (TPSA) is 72.9 Å². The molecule has 1 amide bonds. The fourth-order valence-corrected chi connectivity index (χ4v) is 4.21. The lowest BCUT2D eigenvalue weighted by molar-refractivity contribution is 0.100. The van der Waals surface area contributed by atoms with Crippen LogP contribution in [0, 0.1) is 6.92 Å². The van der Waals surface area contributed by atoms with Crippen molar-refractivity contribution in [3.63, 3.8) is 0 Å². The number of hydrogen-bond donors (Lipinski definition) is 0. The monoisotopic (exact) mass is 411 g/mol. The third-order valence-electron chi connectivity index (χ3n) is 4.33. The predicted octanol–water partition coefficient (Wildman–Crippen LogP) is 4.05. The van der Waals surface area contributed by atoms with Gasteiger partial charge in [0.15, 0.2) is 0 Å². The summed E-state index contributed by atoms with van der Waals surface area (Å²) in [4.78, 5) is 13.4. The molecule has 0 saturated heterocycles. The summed E-state index contributed by atoms with van der Waals surface area (Å²) in [5, 5.41) is 0. The first-order valence-corrected chi connectivity index (χ1v) is 10.3. The molecule has 3 rings (SSSR count). The van der Waals surface area contributed by atoms with Gasteiger partial charge in [-0.25, -0.2) is 8.42 Å². The smallest absolute Gasteiger partial charge is 0.272 e. The Morgan fingerprint density at radius 2 is 1.38 bits per heavy atom. The van der Waals surface area contributed by atoms with Crippen molar-refractivity contribution < 1.29 is 22.7 Å². The van der Waals surface area contributed by atoms with Crippen molar-refractivity contribution in [2.24, 2.45) is 0 Å². The summed E-state index contributed by atoms with van der Waals surface area (Å²) in [6, 6.07) is 19.2. The van der Waals surface area contributed by atoms with Gasteiger partial charge in [-0.05, 0) is 43.3 Å². The molecule has 150 valence electrons. The SMILES string of the molecule is COc1cc(OC)cc(C(=O)N(c2ccccc2)S(=O)(=O)c2ccc(C)cc2)c1. The fraction of sp³-hybridized carbons (Fsp3) is 0.136. The van der Waals surface area contributed by atoms with Crippen LogP contribution in [0.5, 0.6) is 11.5 Å². The minimum absolute atomic E-state index is 0.0233. The van der Waals surface area contributed by atoms with Gasteiger partial charge in [0.05, 0.1) is 24.8 Å². The van der Waals surface area contributed by atoms with E-state index < -0.39 is 15.9 Å². The average Bonchev–Trinajstić information content (AvgIpc) is 2.74. The number of aryl methyl sites for hydroxylation is 1. The number of carbonyl (C=O) groups excluding carboxylic acids is 1. The number of rotatable bonds is 6. The minimum Gasteiger partial charge on any atom is -0.497 e. The van der Waals surface area contributed by atoms with Crippen molar-refractivity contribution in [2.45, 2.75) is 11.8 Å². The number of hydrogen-bond acceptors (Lipinski definition) is 5. The van der Waals surface area contributed by atoms with Crippen molar-refractivity contribution in [1.82, 2.24) is 0 Å². The van der Waals surface area contributed by atoms with E-state index in [1.807, 2.05) is 6.92 Å². The summed E-state index contributed by atoms with van der Waals surface area (Å²) >= 11 is 0. The lowest BCUT2D eigenvalue weighted by atomic mass is 10.2. The van der Waals surface area contributed by atoms with Gasteiger partial charge in [0, 0.05) is 11.6 Å². The molecule has 0 spiro atoms. The van der Waals surface area contributed by atoms with Crippen LogP contribution < -0.4 is 13.8 Å². The highest BCUT2D eigenvalue weighted by molar-refractivity contribution is 7.93. The van der Waals surface area contributed by atoms with Crippen LogP contribution in [0.3, 0.4) is 0 Å². The van der Waals surface area contributed by atoms with E-state index in [0.29, 0.717) is 11.5 Å². The van der Waals surface area contributed by atoms with Crippen molar-refractivity contribution in [2.75, 3.05) is 18.5 Å². The first-order valence-electron chi connectivity index (χ1n) is 8.81. The van der Waals surface area contributed by atoms with E-state index in [1.54, 1.807) is 48.5 Å². The van der Waals surface area contributed by atoms with Crippen molar-refractivity contribution in [3.8, 4) is 11.5 Å². The molecule has 3 aromatic rings. The second-order valence-corrected chi connectivity index (χ2v) is 8.11. The van der Waals surface area contributed by atoms with Gasteiger partial charge in [-0.3, -0.25) is 4.79 Å². The maximum Gasteiger partial charge on any atom is 0.272 e. The third-order valence-corrected chi connectivity index (χ3v) is 6.06. The molecule has 0 aliphatic rings. The molecule has 0 aromatic heterocycles. The highest BCUT2D eigenvalue weighted by Gasteiger charge is 2.32. The normalized spacial score (nSPS) is 11.0. The number of nitrogens with zero attached hydrogens (tertiary/aromatic N) is 1. The van der Waals surface area contributed by atoms with Gasteiger partial charge in [-0.1, -0.05) is 35.9 Å². The van der Waals surface area contributed by atoms with Gasteiger partial charge in [-0.2, -0.15) is 4.31 Å². The van der Waals surface area contributed by atoms with Crippen LogP contribution in [-0.4, -0.2) is 28.5 Å². The lowest BCUT2D eigenvalue weighted by Gasteiger charge is -2.23. The molecule has 0 aliphatic heterocycles. The number of benzene rings is 3. The molecule has 0 heterocycles. The minimum atomic E-state index is -4.16. The summed E-state index contributed by atoms with van der Waals surface area (Å²) in [5.41, 5.74) is 1.28. The summed E-state index contributed by atoms with van der Waals surface area (Å²) in [6.07, 6.45) is 0. The first kappa shape index (κ1) is 20.4. The number of ether oxygens (including phenoxy) is 2. The number of para-hydroxylation sites is 1. The van der Waals surface area contributed by atoms with E-state index in [2.05, 4.69) is 0 Å². The van der Waals surface area contributed by atoms with Crippen molar-refractivity contribution in [1.29, 1.82) is 0 Å². The Morgan fingerprint density at radius 1 is 0.828 bits per heavy atom. The van der Waals surface area contributed by atoms with Crippen LogP contribution in [0.1, 0.15) is 15.9 Å². The van der Waals surface area contributed by atoms with Crippen LogP contribution >= 0.6 is 0 Å². The summed E-state index contributed by atoms with van der Waals surface area (Å²) in [5.74, 6) is 0.0517. The maximum absolute atomic E-state index is 13.4. The molecule has 6 nitrogen and oxygen atoms in total. The predicted molar refractivity (Wildman–Crippen MR) is 111 cm³/mol. The Labute approximate surface area is 170 Å². The van der Waals surface area contributed by atoms with Gasteiger partial charge in [0.25, 0.3) is 15.9 Å². The Morgan fingerprint density at radius 3 is 1.90 bits per heavy atom. The maximum atomic E-state index is 13.4. The van der Waals surface area contributed by atoms with E-state index in [4.69, 9.17) is 9.47 Å². The second kappa shape index (κ2) is 8.36. The lowest BCUT2D eigenvalue weighted by Crippen LogP contribution is -2.37. The number of amides is 1. The highest BCUT2D eigenvalue weighted by Crippen LogP contribution is 2.29. The molecule has 0 aliphatic carbocycles. The quantitative estimate of drug-likeness (QED) is 0.612. The Balaban J connectivity index is 2.17. The van der Waals surface area contributed by atoms with Crippen LogP contribution in [-0.2, 0) is 10.0 Å². The van der Waals surface area contributed by atoms with E-state index in [0.717, 1.165) is 9.87 Å². The molecule has 0 saturated carbocycles. The molecule has 7 heteroatoms. The highest BCUT2D eigenvalue weighted by atomic mass is 32.2. The molecule has 0 bridgehead atoms. The van der Waals surface area contributed by atoms with Crippen LogP contribution in [0.4, 0.5) is 5.69 Å². The van der Waals surface area contributed by atoms with Gasteiger partial charge >= 0.3 is 0 Å². The van der Waals surface area contributed by atoms with Crippen LogP contribution in [0.15, 0.2) is 77.7 Å². The van der Waals surface area contributed by atoms with Crippen LogP contribution in [0.2, 0.25) is 0 Å². The van der Waals surface area contributed by atoms with E-state index in [1.165, 1.54) is 38.5 Å². The zero-order valence-corrected chi connectivity index (χ0v) is 17.1. The standard InChI is InChI=1S/C22H21NO5S/c1-16-9-11-21(12-10-16)29(25,26)23(18-7-5-4-6-8-18)22(24)17-13-19(27-2)15-20(14-17)28-3/h4-15H,1-3H3. The molecule has 0 unspecified atom stereocenters. The molecule has 0 atom stereocenters.